The second-order valence-electron chi connectivity index (χ2n) is 4.20. The maximum atomic E-state index is 12.1. The van der Waals surface area contributed by atoms with Crippen molar-refractivity contribution >= 4 is 23.2 Å². The van der Waals surface area contributed by atoms with E-state index in [2.05, 4.69) is 10.3 Å². The molecule has 1 N–H and O–H groups in total. The fourth-order valence-electron chi connectivity index (χ4n) is 1.79. The topological polar surface area (TPSA) is 51.2 Å². The number of aromatic nitrogens is 1. The van der Waals surface area contributed by atoms with Crippen LogP contribution in [0.4, 0.5) is 5.69 Å². The van der Waals surface area contributed by atoms with E-state index in [9.17, 15) is 4.79 Å². The molecule has 0 fully saturated rings. The van der Waals surface area contributed by atoms with Crippen LogP contribution < -0.4 is 5.32 Å². The van der Waals surface area contributed by atoms with Crippen molar-refractivity contribution in [3.8, 4) is 0 Å². The zero-order chi connectivity index (χ0) is 14.4. The molecule has 4 nitrogen and oxygen atoms in total. The number of nitrogens with one attached hydrogen (secondary N) is 1. The summed E-state index contributed by atoms with van der Waals surface area (Å²) in [6.07, 6.45) is 0.732. The number of hydrogen-bond donors (Lipinski definition) is 1. The maximum absolute atomic E-state index is 12.1. The van der Waals surface area contributed by atoms with Gasteiger partial charge >= 0.3 is 0 Å². The van der Waals surface area contributed by atoms with Gasteiger partial charge in [-0.15, -0.1) is 0 Å². The predicted molar refractivity (Wildman–Crippen MR) is 79.2 cm³/mol. The van der Waals surface area contributed by atoms with Gasteiger partial charge in [0.2, 0.25) is 0 Å². The molecule has 0 radical (unpaired) electrons. The lowest BCUT2D eigenvalue weighted by Gasteiger charge is -2.10. The maximum Gasteiger partial charge on any atom is 0.274 e. The van der Waals surface area contributed by atoms with Crippen molar-refractivity contribution in [2.75, 3.05) is 19.0 Å². The number of rotatable bonds is 5. The summed E-state index contributed by atoms with van der Waals surface area (Å²) in [4.78, 5) is 16.1. The molecule has 1 amide bonds. The van der Waals surface area contributed by atoms with Crippen molar-refractivity contribution in [2.45, 2.75) is 6.42 Å². The van der Waals surface area contributed by atoms with Gasteiger partial charge in [0, 0.05) is 12.8 Å². The molecular weight excluding hydrogens is 276 g/mol. The van der Waals surface area contributed by atoms with E-state index < -0.39 is 0 Å². The van der Waals surface area contributed by atoms with Gasteiger partial charge in [-0.2, -0.15) is 0 Å². The zero-order valence-electron chi connectivity index (χ0n) is 11.1. The molecule has 0 aliphatic rings. The Balaban J connectivity index is 2.15. The minimum atomic E-state index is -0.280. The van der Waals surface area contributed by atoms with E-state index in [-0.39, 0.29) is 5.91 Å². The van der Waals surface area contributed by atoms with Gasteiger partial charge in [0.05, 0.1) is 6.61 Å². The third-order valence-corrected chi connectivity index (χ3v) is 3.00. The number of carbonyl (C=O) groups is 1. The molecule has 0 spiro atoms. The molecule has 1 heterocycles. The monoisotopic (exact) mass is 290 g/mol. The number of halogens is 1. The van der Waals surface area contributed by atoms with Crippen LogP contribution in [0.25, 0.3) is 0 Å². The van der Waals surface area contributed by atoms with Crippen LogP contribution in [0.3, 0.4) is 0 Å². The van der Waals surface area contributed by atoms with Gasteiger partial charge in [0.25, 0.3) is 5.91 Å². The van der Waals surface area contributed by atoms with E-state index >= 15 is 0 Å². The van der Waals surface area contributed by atoms with E-state index in [1.54, 1.807) is 25.3 Å². The molecule has 0 saturated heterocycles. The third kappa shape index (κ3) is 3.79. The highest BCUT2D eigenvalue weighted by Gasteiger charge is 2.10. The zero-order valence-corrected chi connectivity index (χ0v) is 11.9. The summed E-state index contributed by atoms with van der Waals surface area (Å²) < 4.78 is 5.06. The average molecular weight is 291 g/mol. The van der Waals surface area contributed by atoms with Crippen molar-refractivity contribution < 1.29 is 9.53 Å². The highest BCUT2D eigenvalue weighted by atomic mass is 35.5. The minimum absolute atomic E-state index is 0.280. The van der Waals surface area contributed by atoms with Crippen LogP contribution in [-0.2, 0) is 11.2 Å². The normalized spacial score (nSPS) is 10.3. The van der Waals surface area contributed by atoms with E-state index in [1.807, 2.05) is 24.3 Å². The number of ether oxygens (including phenoxy) is 1. The van der Waals surface area contributed by atoms with E-state index in [0.717, 1.165) is 17.7 Å². The summed E-state index contributed by atoms with van der Waals surface area (Å²) in [5.41, 5.74) is 2.07. The number of hydrogen-bond acceptors (Lipinski definition) is 3. The second kappa shape index (κ2) is 7.03. The van der Waals surface area contributed by atoms with Crippen molar-refractivity contribution in [1.82, 2.24) is 4.98 Å². The SMILES string of the molecule is COCCc1ccccc1NC(=O)c1cccc(Cl)n1. The van der Waals surface area contributed by atoms with Crippen LogP contribution in [0.2, 0.25) is 5.15 Å². The molecule has 1 aromatic carbocycles. The smallest absolute Gasteiger partial charge is 0.274 e. The fourth-order valence-corrected chi connectivity index (χ4v) is 1.96. The number of para-hydroxylation sites is 1. The van der Waals surface area contributed by atoms with Crippen LogP contribution in [-0.4, -0.2) is 24.6 Å². The second-order valence-corrected chi connectivity index (χ2v) is 4.59. The molecule has 0 atom stereocenters. The van der Waals surface area contributed by atoms with Crippen molar-refractivity contribution in [1.29, 1.82) is 0 Å². The van der Waals surface area contributed by atoms with Gasteiger partial charge < -0.3 is 10.1 Å². The van der Waals surface area contributed by atoms with Crippen molar-refractivity contribution in [2.24, 2.45) is 0 Å². The fraction of sp³-hybridized carbons (Fsp3) is 0.200. The minimum Gasteiger partial charge on any atom is -0.384 e. The number of nitrogens with zero attached hydrogens (tertiary/aromatic N) is 1. The quantitative estimate of drug-likeness (QED) is 0.861. The number of pyridine rings is 1. The van der Waals surface area contributed by atoms with Crippen LogP contribution >= 0.6 is 11.6 Å². The lowest BCUT2D eigenvalue weighted by Crippen LogP contribution is -2.15. The number of amides is 1. The third-order valence-electron chi connectivity index (χ3n) is 2.79. The molecule has 0 unspecified atom stereocenters. The van der Waals surface area contributed by atoms with Gasteiger partial charge in [-0.1, -0.05) is 35.9 Å². The van der Waals surface area contributed by atoms with E-state index in [0.29, 0.717) is 17.5 Å². The Kier molecular flexibility index (Phi) is 5.09. The average Bonchev–Trinajstić information content (AvgIpc) is 2.46. The summed E-state index contributed by atoms with van der Waals surface area (Å²) in [6.45, 7) is 0.600. The number of carbonyl (C=O) groups excluding carboxylic acids is 1. The Morgan fingerprint density at radius 3 is 2.80 bits per heavy atom. The summed E-state index contributed by atoms with van der Waals surface area (Å²) >= 11 is 5.78. The largest absolute Gasteiger partial charge is 0.384 e. The first-order chi connectivity index (χ1) is 9.70. The number of methoxy groups -OCH3 is 1. The first-order valence-electron chi connectivity index (χ1n) is 6.21. The first-order valence-corrected chi connectivity index (χ1v) is 6.59. The van der Waals surface area contributed by atoms with Gasteiger partial charge in [0.1, 0.15) is 10.8 Å². The molecule has 5 heteroatoms. The Bertz CT molecular complexity index is 602. The first kappa shape index (κ1) is 14.5. The number of anilines is 1. The van der Waals surface area contributed by atoms with Gasteiger partial charge in [-0.05, 0) is 30.2 Å². The molecule has 0 aliphatic heterocycles. The molecule has 0 aliphatic carbocycles. The Morgan fingerprint density at radius 1 is 1.25 bits per heavy atom. The van der Waals surface area contributed by atoms with E-state index in [1.165, 1.54) is 0 Å². The van der Waals surface area contributed by atoms with Gasteiger partial charge in [0.15, 0.2) is 0 Å². The Morgan fingerprint density at radius 2 is 2.05 bits per heavy atom. The Hall–Kier alpha value is -1.91. The molecular formula is C15H15ClN2O2. The molecule has 20 heavy (non-hydrogen) atoms. The van der Waals surface area contributed by atoms with Crippen LogP contribution in [0, 0.1) is 0 Å². The molecule has 2 rings (SSSR count). The van der Waals surface area contributed by atoms with Crippen LogP contribution in [0.1, 0.15) is 16.1 Å². The van der Waals surface area contributed by atoms with Gasteiger partial charge in [-0.3, -0.25) is 4.79 Å². The van der Waals surface area contributed by atoms with Crippen LogP contribution in [0.15, 0.2) is 42.5 Å². The molecule has 1 aromatic heterocycles. The lowest BCUT2D eigenvalue weighted by atomic mass is 10.1. The lowest BCUT2D eigenvalue weighted by molar-refractivity contribution is 0.102. The standard InChI is InChI=1S/C15H15ClN2O2/c1-20-10-9-11-5-2-3-6-12(11)18-15(19)13-7-4-8-14(16)17-13/h2-8H,9-10H2,1H3,(H,18,19). The summed E-state index contributed by atoms with van der Waals surface area (Å²) in [6, 6.07) is 12.6. The summed E-state index contributed by atoms with van der Waals surface area (Å²) in [7, 11) is 1.65. The molecule has 2 aromatic rings. The van der Waals surface area contributed by atoms with Crippen molar-refractivity contribution in [3.63, 3.8) is 0 Å². The highest BCUT2D eigenvalue weighted by molar-refractivity contribution is 6.29. The van der Waals surface area contributed by atoms with Crippen LogP contribution in [0.5, 0.6) is 0 Å². The molecule has 0 bridgehead atoms. The summed E-state index contributed by atoms with van der Waals surface area (Å²) in [5.74, 6) is -0.280. The molecule has 0 saturated carbocycles. The molecule has 104 valence electrons. The predicted octanol–water partition coefficient (Wildman–Crippen LogP) is 3.18. The number of benzene rings is 1. The van der Waals surface area contributed by atoms with Crippen molar-refractivity contribution in [3.05, 3.63) is 58.9 Å². The summed E-state index contributed by atoms with van der Waals surface area (Å²) in [5, 5.41) is 3.14. The Labute approximate surface area is 122 Å². The highest BCUT2D eigenvalue weighted by Crippen LogP contribution is 2.17. The van der Waals surface area contributed by atoms with E-state index in [4.69, 9.17) is 16.3 Å². The van der Waals surface area contributed by atoms with Gasteiger partial charge in [-0.25, -0.2) is 4.98 Å².